The van der Waals surface area contributed by atoms with Gasteiger partial charge in [-0.25, -0.2) is 0 Å². The van der Waals surface area contributed by atoms with Crippen LogP contribution in [0.5, 0.6) is 5.75 Å². The van der Waals surface area contributed by atoms with Crippen LogP contribution in [0.15, 0.2) is 187 Å². The van der Waals surface area contributed by atoms with Crippen LogP contribution in [0.3, 0.4) is 0 Å². The number of hydrogen-bond acceptors (Lipinski definition) is 4. The van der Waals surface area contributed by atoms with Crippen LogP contribution in [0.1, 0.15) is 29.9 Å². The molecule has 11 rings (SSSR count). The third-order valence-corrected chi connectivity index (χ3v) is 11.7. The van der Waals surface area contributed by atoms with Crippen LogP contribution in [-0.2, 0) is 0 Å². The van der Waals surface area contributed by atoms with Gasteiger partial charge in [0.2, 0.25) is 0 Å². The molecule has 2 unspecified atom stereocenters. The minimum atomic E-state index is 0.0813. The third kappa shape index (κ3) is 4.71. The summed E-state index contributed by atoms with van der Waals surface area (Å²) in [6.07, 6.45) is 15.5. The van der Waals surface area contributed by atoms with Gasteiger partial charge in [0.05, 0.1) is 17.7 Å². The van der Waals surface area contributed by atoms with Gasteiger partial charge < -0.3 is 19.4 Å². The molecule has 5 heteroatoms. The van der Waals surface area contributed by atoms with Gasteiger partial charge in [0.15, 0.2) is 0 Å². The first-order valence-corrected chi connectivity index (χ1v) is 19.1. The zero-order valence-electron chi connectivity index (χ0n) is 30.1. The fourth-order valence-electron chi connectivity index (χ4n) is 9.43. The molecule has 0 aromatic heterocycles. The van der Waals surface area contributed by atoms with Gasteiger partial charge in [0.1, 0.15) is 11.5 Å². The van der Waals surface area contributed by atoms with E-state index in [2.05, 4.69) is 198 Å². The van der Waals surface area contributed by atoms with Crippen LogP contribution in [0.25, 0.3) is 0 Å². The normalized spacial score (nSPS) is 18.4. The van der Waals surface area contributed by atoms with Crippen LogP contribution < -0.4 is 35.8 Å². The van der Waals surface area contributed by atoms with Crippen molar-refractivity contribution in [2.75, 3.05) is 14.7 Å². The standard InChI is InChI=1S/C49H38BN3O/c1-33-27-30-47-39(31-33)38-21-13-26-45(49(38)54-47)51(34-15-5-2-6-16-34)37-28-29-41-46(32-37)53(36-19-9-4-10-20-36)44-25-14-24-43-48(44)50(41)40-22-11-12-23-42(40)52(43)35-17-7-3-8-18-35/h2-19,22-32,36,38H,20-21H2,1H3. The summed E-state index contributed by atoms with van der Waals surface area (Å²) >= 11 is 0. The molecule has 0 saturated heterocycles. The molecule has 0 fully saturated rings. The Morgan fingerprint density at radius 1 is 0.648 bits per heavy atom. The number of benzene rings is 6. The molecular formula is C49H38BN3O. The van der Waals surface area contributed by atoms with Crippen molar-refractivity contribution >= 4 is 62.9 Å². The van der Waals surface area contributed by atoms with Gasteiger partial charge in [0.25, 0.3) is 6.71 Å². The fourth-order valence-corrected chi connectivity index (χ4v) is 9.43. The van der Waals surface area contributed by atoms with E-state index in [-0.39, 0.29) is 18.7 Å². The van der Waals surface area contributed by atoms with Crippen molar-refractivity contribution in [3.63, 3.8) is 0 Å². The quantitative estimate of drug-likeness (QED) is 0.167. The zero-order valence-corrected chi connectivity index (χ0v) is 30.1. The lowest BCUT2D eigenvalue weighted by molar-refractivity contribution is 0.418. The Morgan fingerprint density at radius 3 is 2.28 bits per heavy atom. The summed E-state index contributed by atoms with van der Waals surface area (Å²) in [4.78, 5) is 7.47. The van der Waals surface area contributed by atoms with Crippen molar-refractivity contribution in [2.45, 2.75) is 31.7 Å². The van der Waals surface area contributed by atoms with E-state index in [0.29, 0.717) is 0 Å². The van der Waals surface area contributed by atoms with E-state index in [4.69, 9.17) is 4.74 Å². The number of ether oxygens (including phenoxy) is 1. The molecule has 0 N–H and O–H groups in total. The van der Waals surface area contributed by atoms with Gasteiger partial charge in [0, 0.05) is 45.4 Å². The summed E-state index contributed by atoms with van der Waals surface area (Å²) in [5.41, 5.74) is 16.0. The Hall–Kier alpha value is -6.46. The second-order valence-corrected chi connectivity index (χ2v) is 14.9. The zero-order chi connectivity index (χ0) is 35.8. The molecule has 0 bridgehead atoms. The molecule has 0 amide bonds. The summed E-state index contributed by atoms with van der Waals surface area (Å²) in [6.45, 7) is 2.25. The molecule has 54 heavy (non-hydrogen) atoms. The predicted octanol–water partition coefficient (Wildman–Crippen LogP) is 10.1. The molecule has 6 aromatic rings. The third-order valence-electron chi connectivity index (χ3n) is 11.7. The Bertz CT molecular complexity index is 2590. The first-order valence-electron chi connectivity index (χ1n) is 19.1. The number of para-hydroxylation sites is 3. The van der Waals surface area contributed by atoms with Crippen molar-refractivity contribution in [1.82, 2.24) is 0 Å². The van der Waals surface area contributed by atoms with Crippen LogP contribution >= 0.6 is 0 Å². The minimum absolute atomic E-state index is 0.0813. The van der Waals surface area contributed by atoms with Gasteiger partial charge in [-0.2, -0.15) is 0 Å². The SMILES string of the molecule is Cc1ccc2c(c1)C1CC=CC(N(c3ccccc3)c3ccc4c(c3)N(C3C=CC=CC3)c3cccc5c3B4c3ccccc3N5c3ccccc3)=C1O2. The number of hydrogen-bond donors (Lipinski definition) is 0. The first-order chi connectivity index (χ1) is 26.7. The summed E-state index contributed by atoms with van der Waals surface area (Å²) in [6, 6.07) is 51.4. The topological polar surface area (TPSA) is 19.0 Å². The number of rotatable bonds is 5. The molecule has 0 spiro atoms. The Kier molecular flexibility index (Phi) is 7.09. The lowest BCUT2D eigenvalue weighted by Crippen LogP contribution is -2.62. The highest BCUT2D eigenvalue weighted by atomic mass is 16.5. The molecule has 4 nitrogen and oxygen atoms in total. The predicted molar refractivity (Wildman–Crippen MR) is 225 cm³/mol. The number of fused-ring (bicyclic) bond motifs is 7. The van der Waals surface area contributed by atoms with Gasteiger partial charge in [-0.15, -0.1) is 0 Å². The molecular weight excluding hydrogens is 657 g/mol. The fraction of sp³-hybridized carbons (Fsp3) is 0.102. The molecule has 5 aliphatic rings. The summed E-state index contributed by atoms with van der Waals surface area (Å²) in [7, 11) is 0. The maximum Gasteiger partial charge on any atom is 0.252 e. The highest BCUT2D eigenvalue weighted by molar-refractivity contribution is 7.00. The summed E-state index contributed by atoms with van der Waals surface area (Å²) in [5, 5.41) is 0. The first kappa shape index (κ1) is 31.1. The molecule has 258 valence electrons. The van der Waals surface area contributed by atoms with Gasteiger partial charge >= 0.3 is 0 Å². The average molecular weight is 696 g/mol. The van der Waals surface area contributed by atoms with E-state index in [1.54, 1.807) is 0 Å². The average Bonchev–Trinajstić information content (AvgIpc) is 3.60. The van der Waals surface area contributed by atoms with Gasteiger partial charge in [-0.05, 0) is 103 Å². The maximum absolute atomic E-state index is 6.77. The number of anilines is 7. The van der Waals surface area contributed by atoms with Gasteiger partial charge in [-0.1, -0.05) is 115 Å². The van der Waals surface area contributed by atoms with Crippen LogP contribution in [0.2, 0.25) is 0 Å². The lowest BCUT2D eigenvalue weighted by atomic mass is 9.33. The molecule has 0 radical (unpaired) electrons. The van der Waals surface area contributed by atoms with E-state index in [9.17, 15) is 0 Å². The monoisotopic (exact) mass is 695 g/mol. The van der Waals surface area contributed by atoms with Crippen LogP contribution in [0.4, 0.5) is 39.8 Å². The molecule has 3 aliphatic heterocycles. The van der Waals surface area contributed by atoms with E-state index in [0.717, 1.165) is 41.4 Å². The Labute approximate surface area is 317 Å². The molecule has 2 aliphatic carbocycles. The van der Waals surface area contributed by atoms with E-state index >= 15 is 0 Å². The van der Waals surface area contributed by atoms with Crippen molar-refractivity contribution in [2.24, 2.45) is 0 Å². The van der Waals surface area contributed by atoms with E-state index < -0.39 is 0 Å². The Balaban J connectivity index is 1.14. The Morgan fingerprint density at radius 2 is 1.43 bits per heavy atom. The molecule has 3 heterocycles. The maximum atomic E-state index is 6.77. The van der Waals surface area contributed by atoms with Crippen molar-refractivity contribution in [3.8, 4) is 5.75 Å². The molecule has 2 atom stereocenters. The molecule has 6 aromatic carbocycles. The van der Waals surface area contributed by atoms with Crippen molar-refractivity contribution < 1.29 is 4.74 Å². The van der Waals surface area contributed by atoms with E-state index in [1.165, 1.54) is 56.0 Å². The second-order valence-electron chi connectivity index (χ2n) is 14.9. The smallest absolute Gasteiger partial charge is 0.252 e. The largest absolute Gasteiger partial charge is 0.459 e. The van der Waals surface area contributed by atoms with Crippen LogP contribution in [-0.4, -0.2) is 12.8 Å². The lowest BCUT2D eigenvalue weighted by Gasteiger charge is -2.46. The summed E-state index contributed by atoms with van der Waals surface area (Å²) in [5.74, 6) is 2.18. The van der Waals surface area contributed by atoms with Crippen LogP contribution in [0, 0.1) is 6.92 Å². The summed E-state index contributed by atoms with van der Waals surface area (Å²) < 4.78 is 6.77. The minimum Gasteiger partial charge on any atom is -0.459 e. The number of allylic oxidation sites excluding steroid dienone is 5. The number of aryl methyl sites for hydroxylation is 1. The van der Waals surface area contributed by atoms with E-state index in [1.807, 2.05) is 0 Å². The van der Waals surface area contributed by atoms with Crippen molar-refractivity contribution in [1.29, 1.82) is 0 Å². The highest BCUT2D eigenvalue weighted by Gasteiger charge is 2.44. The highest BCUT2D eigenvalue weighted by Crippen LogP contribution is 2.49. The van der Waals surface area contributed by atoms with Crippen molar-refractivity contribution in [3.05, 3.63) is 199 Å². The number of nitrogens with zero attached hydrogens (tertiary/aromatic N) is 3. The molecule has 0 saturated carbocycles. The van der Waals surface area contributed by atoms with Gasteiger partial charge in [-0.3, -0.25) is 0 Å². The second kappa shape index (κ2) is 12.3.